The second-order valence-electron chi connectivity index (χ2n) is 20.4. The molecule has 9 rings (SSSR count). The molecule has 1 N–H and O–H groups in total. The van der Waals surface area contributed by atoms with Crippen LogP contribution in [-0.2, 0) is 63.3 Å². The van der Waals surface area contributed by atoms with Crippen LogP contribution in [0.2, 0.25) is 0 Å². The average molecular weight is 1030 g/mol. The molecule has 0 saturated heterocycles. The predicted molar refractivity (Wildman–Crippen MR) is 286 cm³/mol. The van der Waals surface area contributed by atoms with Crippen molar-refractivity contribution in [1.29, 1.82) is 0 Å². The van der Waals surface area contributed by atoms with Crippen LogP contribution < -0.4 is 28.9 Å². The number of hydrogen-bond acceptors (Lipinski definition) is 11. The maximum Gasteiger partial charge on any atom is 0.265 e. The molecule has 0 bridgehead atoms. The Kier molecular flexibility index (Phi) is 16.4. The minimum atomic E-state index is -4.40. The van der Waals surface area contributed by atoms with Crippen LogP contribution in [0.4, 0.5) is 17.1 Å². The SMILES string of the molecule is CCCOCCOCCN(CCCC(=O)C(C)C)c1cc(COc2cc3c(cc2C)C(=O)N2c4ccccc4C[C@H]2CC3)cc(COc2cc3c(cc2OC)C(=O)N2c4ccccc4C[C@H]2C(CS(=O)(=O)O)C3)c1. The third-order valence-corrected chi connectivity index (χ3v) is 15.7. The smallest absolute Gasteiger partial charge is 0.265 e. The monoisotopic (exact) mass is 1030 g/mol. The fourth-order valence-corrected chi connectivity index (χ4v) is 12.0. The number of carbonyl (C=O) groups excluding carboxylic acids is 3. The summed E-state index contributed by atoms with van der Waals surface area (Å²) in [7, 11) is -2.88. The molecule has 0 spiro atoms. The molecule has 5 aromatic carbocycles. The summed E-state index contributed by atoms with van der Waals surface area (Å²) in [6.07, 6.45) is 5.13. The van der Waals surface area contributed by atoms with E-state index in [9.17, 15) is 27.4 Å². The third-order valence-electron chi connectivity index (χ3n) is 14.9. The van der Waals surface area contributed by atoms with Crippen LogP contribution in [0, 0.1) is 18.8 Å². The maximum atomic E-state index is 14.5. The minimum Gasteiger partial charge on any atom is -0.493 e. The first-order chi connectivity index (χ1) is 35.7. The largest absolute Gasteiger partial charge is 0.493 e. The lowest BCUT2D eigenvalue weighted by atomic mass is 9.91. The predicted octanol–water partition coefficient (Wildman–Crippen LogP) is 9.57. The van der Waals surface area contributed by atoms with E-state index in [2.05, 4.69) is 30.0 Å². The van der Waals surface area contributed by atoms with Crippen LogP contribution in [0.15, 0.2) is 91.0 Å². The molecule has 74 heavy (non-hydrogen) atoms. The number of nitrogens with zero attached hydrogens (tertiary/aromatic N) is 3. The highest BCUT2D eigenvalue weighted by atomic mass is 32.2. The van der Waals surface area contributed by atoms with Gasteiger partial charge in [0.15, 0.2) is 11.5 Å². The summed E-state index contributed by atoms with van der Waals surface area (Å²) in [5.41, 5.74) is 9.96. The molecule has 4 aliphatic heterocycles. The zero-order valence-corrected chi connectivity index (χ0v) is 44.1. The molecule has 0 aliphatic carbocycles. The van der Waals surface area contributed by atoms with Gasteiger partial charge in [-0.3, -0.25) is 18.9 Å². The number of methoxy groups -OCH3 is 1. The van der Waals surface area contributed by atoms with E-state index in [4.69, 9.17) is 23.7 Å². The van der Waals surface area contributed by atoms with E-state index < -0.39 is 27.8 Å². The quantitative estimate of drug-likeness (QED) is 0.0488. The number of ketones is 1. The average Bonchev–Trinajstić information content (AvgIpc) is 3.91. The Morgan fingerprint density at radius 2 is 1.36 bits per heavy atom. The number of amides is 2. The topological polar surface area (TPSA) is 161 Å². The van der Waals surface area contributed by atoms with Crippen LogP contribution >= 0.6 is 0 Å². The number of aryl methyl sites for hydroxylation is 2. The van der Waals surface area contributed by atoms with E-state index in [0.717, 1.165) is 70.6 Å². The summed E-state index contributed by atoms with van der Waals surface area (Å²) in [4.78, 5) is 47.4. The van der Waals surface area contributed by atoms with Crippen molar-refractivity contribution in [2.45, 2.75) is 104 Å². The summed E-state index contributed by atoms with van der Waals surface area (Å²) >= 11 is 0. The van der Waals surface area contributed by atoms with Crippen molar-refractivity contribution in [2.24, 2.45) is 11.8 Å². The zero-order chi connectivity index (χ0) is 52.1. The molecular formula is C59H69N3O11S. The highest BCUT2D eigenvalue weighted by Gasteiger charge is 2.44. The number of benzene rings is 5. The lowest BCUT2D eigenvalue weighted by Crippen LogP contribution is -2.43. The number of rotatable bonds is 23. The summed E-state index contributed by atoms with van der Waals surface area (Å²) in [5.74, 6) is 0.198. The molecule has 3 atom stereocenters. The number of Topliss-reactive ketones (excluding diaryl/α,β-unsaturated/α-hetero) is 1. The fourth-order valence-electron chi connectivity index (χ4n) is 11.2. The molecule has 0 radical (unpaired) electrons. The summed E-state index contributed by atoms with van der Waals surface area (Å²) < 4.78 is 66.0. The van der Waals surface area contributed by atoms with Gasteiger partial charge in [-0.25, -0.2) is 0 Å². The van der Waals surface area contributed by atoms with Crippen LogP contribution in [0.5, 0.6) is 17.2 Å². The first kappa shape index (κ1) is 52.6. The van der Waals surface area contributed by atoms with Gasteiger partial charge in [-0.1, -0.05) is 57.2 Å². The summed E-state index contributed by atoms with van der Waals surface area (Å²) in [6.45, 7) is 11.4. The Balaban J connectivity index is 1.01. The highest BCUT2D eigenvalue weighted by Crippen LogP contribution is 2.44. The Hall–Kier alpha value is -6.26. The van der Waals surface area contributed by atoms with Gasteiger partial charge in [0.05, 0.1) is 32.7 Å². The van der Waals surface area contributed by atoms with Crippen LogP contribution in [0.1, 0.15) is 106 Å². The summed E-state index contributed by atoms with van der Waals surface area (Å²) in [5, 5.41) is 0. The molecule has 4 aliphatic rings. The van der Waals surface area contributed by atoms with E-state index in [1.807, 2.05) is 86.3 Å². The van der Waals surface area contributed by atoms with Crippen LogP contribution in [0.25, 0.3) is 0 Å². The van der Waals surface area contributed by atoms with Crippen molar-refractivity contribution in [2.75, 3.05) is 67.1 Å². The molecular weight excluding hydrogens is 959 g/mol. The van der Waals surface area contributed by atoms with Gasteiger partial charge in [0.25, 0.3) is 21.9 Å². The van der Waals surface area contributed by atoms with E-state index in [1.165, 1.54) is 12.7 Å². The van der Waals surface area contributed by atoms with Crippen molar-refractivity contribution >= 4 is 44.8 Å². The van der Waals surface area contributed by atoms with Gasteiger partial charge in [-0.2, -0.15) is 8.42 Å². The molecule has 1 unspecified atom stereocenters. The van der Waals surface area contributed by atoms with Crippen molar-refractivity contribution in [3.63, 3.8) is 0 Å². The number of anilines is 3. The van der Waals surface area contributed by atoms with Gasteiger partial charge in [0.1, 0.15) is 24.7 Å². The first-order valence-corrected chi connectivity index (χ1v) is 27.7. The van der Waals surface area contributed by atoms with Crippen molar-refractivity contribution in [3.05, 3.63) is 141 Å². The van der Waals surface area contributed by atoms with Gasteiger partial charge in [-0.15, -0.1) is 0 Å². The van der Waals surface area contributed by atoms with Gasteiger partial charge in [0, 0.05) is 78.2 Å². The number of hydrogen-bond donors (Lipinski definition) is 1. The zero-order valence-electron chi connectivity index (χ0n) is 43.3. The minimum absolute atomic E-state index is 0.0221. The number of carbonyl (C=O) groups is 3. The van der Waals surface area contributed by atoms with Gasteiger partial charge in [0.2, 0.25) is 0 Å². The van der Waals surface area contributed by atoms with Crippen molar-refractivity contribution < 1.29 is 51.0 Å². The van der Waals surface area contributed by atoms with E-state index in [0.29, 0.717) is 92.7 Å². The highest BCUT2D eigenvalue weighted by molar-refractivity contribution is 7.85. The second kappa shape index (κ2) is 23.1. The standard InChI is InChI=1S/C59H69N3O11S/c1-6-21-70-23-24-71-22-20-60(19-11-16-54(63)38(2)3)48-27-40(35-72-55-32-42-17-18-47-30-43-12-7-9-14-51(43)61(47)58(64)49(42)25-39(55)4)26-41(28-48)36-73-57-33-45-29-46(37-74(66,67)68)53-31-44-13-8-10-15-52(44)62(53)59(65)50(45)34-56(57)69-5/h7-10,12-15,25-28,32-34,38,46-47,53H,6,11,16-24,29-31,35-37H2,1-5H3,(H,66,67,68)/t46?,47-,53+/m1/s1. The van der Waals surface area contributed by atoms with E-state index >= 15 is 0 Å². The van der Waals surface area contributed by atoms with Crippen molar-refractivity contribution in [3.8, 4) is 17.2 Å². The summed E-state index contributed by atoms with van der Waals surface area (Å²) in [6, 6.07) is 29.0. The number of para-hydroxylation sites is 2. The Labute approximate surface area is 435 Å². The molecule has 0 saturated carbocycles. The fraction of sp³-hybridized carbons (Fsp3) is 0.441. The van der Waals surface area contributed by atoms with E-state index in [1.54, 1.807) is 17.0 Å². The molecule has 14 nitrogen and oxygen atoms in total. The Morgan fingerprint density at radius 1 is 0.730 bits per heavy atom. The van der Waals surface area contributed by atoms with Crippen LogP contribution in [-0.4, -0.2) is 95.0 Å². The lowest BCUT2D eigenvalue weighted by molar-refractivity contribution is -0.121. The molecule has 0 fully saturated rings. The first-order valence-electron chi connectivity index (χ1n) is 26.1. The van der Waals surface area contributed by atoms with Crippen LogP contribution in [0.3, 0.4) is 0 Å². The number of ether oxygens (including phenoxy) is 5. The maximum absolute atomic E-state index is 14.5. The van der Waals surface area contributed by atoms with Gasteiger partial charge < -0.3 is 38.4 Å². The molecule has 2 amide bonds. The van der Waals surface area contributed by atoms with Crippen molar-refractivity contribution in [1.82, 2.24) is 0 Å². The van der Waals surface area contributed by atoms with Gasteiger partial charge >= 0.3 is 0 Å². The Morgan fingerprint density at radius 3 is 2.05 bits per heavy atom. The van der Waals surface area contributed by atoms with Gasteiger partial charge in [-0.05, 0) is 145 Å². The molecule has 0 aromatic heterocycles. The second-order valence-corrected chi connectivity index (χ2v) is 21.9. The third kappa shape index (κ3) is 11.8. The normalized spacial score (nSPS) is 17.7. The Bertz CT molecular complexity index is 2990. The molecule has 4 heterocycles. The number of fused-ring (bicyclic) bond motifs is 8. The van der Waals surface area contributed by atoms with E-state index in [-0.39, 0.29) is 49.2 Å². The lowest BCUT2D eigenvalue weighted by Gasteiger charge is -2.28. The molecule has 5 aromatic rings. The molecule has 392 valence electrons. The molecule has 15 heteroatoms.